The van der Waals surface area contributed by atoms with Gasteiger partial charge in [-0.1, -0.05) is 30.3 Å². The van der Waals surface area contributed by atoms with Crippen molar-refractivity contribution in [2.24, 2.45) is 0 Å². The van der Waals surface area contributed by atoms with Crippen LogP contribution in [0.1, 0.15) is 12.5 Å². The van der Waals surface area contributed by atoms with Crippen LogP contribution in [0.2, 0.25) is 0 Å². The number of benzene rings is 1. The van der Waals surface area contributed by atoms with Crippen LogP contribution in [-0.2, 0) is 25.1 Å². The van der Waals surface area contributed by atoms with Crippen molar-refractivity contribution in [3.8, 4) is 0 Å². The van der Waals surface area contributed by atoms with Gasteiger partial charge in [-0.25, -0.2) is 13.2 Å². The summed E-state index contributed by atoms with van der Waals surface area (Å²) < 4.78 is 33.0. The third-order valence-electron chi connectivity index (χ3n) is 3.17. The van der Waals surface area contributed by atoms with Crippen molar-refractivity contribution in [1.29, 1.82) is 0 Å². The molecule has 22 heavy (non-hydrogen) atoms. The smallest absolute Gasteiger partial charge is 0.410 e. The molecule has 0 radical (unpaired) electrons. The van der Waals surface area contributed by atoms with Crippen LogP contribution < -0.4 is 0 Å². The van der Waals surface area contributed by atoms with Gasteiger partial charge >= 0.3 is 6.09 Å². The molecule has 122 valence electrons. The fourth-order valence-electron chi connectivity index (χ4n) is 2.32. The molecule has 1 aliphatic rings. The lowest BCUT2D eigenvalue weighted by atomic mass is 10.2. The highest BCUT2D eigenvalue weighted by atomic mass is 35.7. The highest BCUT2D eigenvalue weighted by Gasteiger charge is 2.31. The van der Waals surface area contributed by atoms with Crippen LogP contribution in [0, 0.1) is 0 Å². The summed E-state index contributed by atoms with van der Waals surface area (Å²) in [7, 11) is 1.56. The predicted octanol–water partition coefficient (Wildman–Crippen LogP) is 1.98. The Morgan fingerprint density at radius 2 is 2.05 bits per heavy atom. The van der Waals surface area contributed by atoms with Gasteiger partial charge in [-0.05, 0) is 12.5 Å². The Morgan fingerprint density at radius 3 is 2.68 bits per heavy atom. The maximum Gasteiger partial charge on any atom is 0.410 e. The Kier molecular flexibility index (Phi) is 5.66. The van der Waals surface area contributed by atoms with E-state index in [-0.39, 0.29) is 25.0 Å². The third-order valence-corrected chi connectivity index (χ3v) is 4.32. The molecule has 6 nitrogen and oxygen atoms in total. The van der Waals surface area contributed by atoms with E-state index >= 15 is 0 Å². The van der Waals surface area contributed by atoms with Gasteiger partial charge in [-0.3, -0.25) is 0 Å². The van der Waals surface area contributed by atoms with E-state index in [2.05, 4.69) is 0 Å². The van der Waals surface area contributed by atoms with Crippen molar-refractivity contribution in [3.63, 3.8) is 0 Å². The predicted molar refractivity (Wildman–Crippen MR) is 82.2 cm³/mol. The second-order valence-electron chi connectivity index (χ2n) is 5.22. The standard InChI is InChI=1S/C14H18ClNO5S/c1-11-7-16(8-13(21-11)10-22(15,18)19)14(17)20-9-12-5-3-2-4-6-12/h2-6,11,13H,7-10H2,1H3. The molecule has 0 aromatic heterocycles. The van der Waals surface area contributed by atoms with Crippen LogP contribution in [0.15, 0.2) is 30.3 Å². The zero-order chi connectivity index (χ0) is 16.2. The van der Waals surface area contributed by atoms with E-state index in [0.717, 1.165) is 5.56 Å². The molecule has 0 N–H and O–H groups in total. The Balaban J connectivity index is 1.91. The zero-order valence-electron chi connectivity index (χ0n) is 12.1. The van der Waals surface area contributed by atoms with Crippen molar-refractivity contribution in [3.05, 3.63) is 35.9 Å². The molecule has 1 saturated heterocycles. The lowest BCUT2D eigenvalue weighted by Crippen LogP contribution is -2.51. The van der Waals surface area contributed by atoms with Gasteiger partial charge in [-0.2, -0.15) is 0 Å². The first-order chi connectivity index (χ1) is 10.3. The second kappa shape index (κ2) is 7.30. The summed E-state index contributed by atoms with van der Waals surface area (Å²) in [6.45, 7) is 2.44. The molecule has 8 heteroatoms. The summed E-state index contributed by atoms with van der Waals surface area (Å²) >= 11 is 0. The van der Waals surface area contributed by atoms with Crippen molar-refractivity contribution in [1.82, 2.24) is 4.90 Å². The van der Waals surface area contributed by atoms with Crippen LogP contribution in [0.5, 0.6) is 0 Å². The number of hydrogen-bond donors (Lipinski definition) is 0. The molecule has 1 aliphatic heterocycles. The number of rotatable bonds is 4. The van der Waals surface area contributed by atoms with E-state index in [1.54, 1.807) is 6.92 Å². The van der Waals surface area contributed by atoms with Crippen molar-refractivity contribution in [2.75, 3.05) is 18.8 Å². The molecule has 1 aromatic carbocycles. The molecule has 2 rings (SSSR count). The van der Waals surface area contributed by atoms with Gasteiger partial charge in [0, 0.05) is 10.7 Å². The summed E-state index contributed by atoms with van der Waals surface area (Å²) in [4.78, 5) is 13.5. The lowest BCUT2D eigenvalue weighted by Gasteiger charge is -2.35. The third kappa shape index (κ3) is 5.47. The van der Waals surface area contributed by atoms with Crippen LogP contribution in [0.25, 0.3) is 0 Å². The SMILES string of the molecule is CC1CN(C(=O)OCc2ccccc2)CC(CS(=O)(=O)Cl)O1. The van der Waals surface area contributed by atoms with Gasteiger partial charge in [0.25, 0.3) is 0 Å². The van der Waals surface area contributed by atoms with E-state index in [0.29, 0.717) is 6.54 Å². The summed E-state index contributed by atoms with van der Waals surface area (Å²) in [6, 6.07) is 9.32. The van der Waals surface area contributed by atoms with Crippen molar-refractivity contribution in [2.45, 2.75) is 25.7 Å². The summed E-state index contributed by atoms with van der Waals surface area (Å²) in [5.74, 6) is -0.332. The number of amides is 1. The van der Waals surface area contributed by atoms with Crippen LogP contribution in [0.3, 0.4) is 0 Å². The molecule has 0 aliphatic carbocycles. The first-order valence-electron chi connectivity index (χ1n) is 6.87. The lowest BCUT2D eigenvalue weighted by molar-refractivity contribution is -0.0628. The van der Waals surface area contributed by atoms with Gasteiger partial charge in [0.2, 0.25) is 9.05 Å². The molecule has 0 saturated carbocycles. The number of carbonyl (C=O) groups is 1. The van der Waals surface area contributed by atoms with Crippen molar-refractivity contribution < 1.29 is 22.7 Å². The quantitative estimate of drug-likeness (QED) is 0.779. The van der Waals surface area contributed by atoms with E-state index in [4.69, 9.17) is 20.2 Å². The van der Waals surface area contributed by atoms with Crippen LogP contribution in [0.4, 0.5) is 4.79 Å². The Bertz CT molecular complexity index is 607. The highest BCUT2D eigenvalue weighted by molar-refractivity contribution is 8.13. The maximum absolute atomic E-state index is 12.1. The molecule has 1 amide bonds. The fraction of sp³-hybridized carbons (Fsp3) is 0.500. The average Bonchev–Trinajstić information content (AvgIpc) is 2.43. The van der Waals surface area contributed by atoms with Gasteiger partial charge in [0.05, 0.1) is 31.1 Å². The number of halogens is 1. The first-order valence-corrected chi connectivity index (χ1v) is 9.35. The number of nitrogens with zero attached hydrogens (tertiary/aromatic N) is 1. The second-order valence-corrected chi connectivity index (χ2v) is 8.04. The fourth-order valence-corrected chi connectivity index (χ4v) is 3.37. The highest BCUT2D eigenvalue weighted by Crippen LogP contribution is 2.16. The van der Waals surface area contributed by atoms with Gasteiger partial charge < -0.3 is 14.4 Å². The molecule has 0 spiro atoms. The first kappa shape index (κ1) is 17.1. The molecular formula is C14H18ClNO5S. The van der Waals surface area contributed by atoms with E-state index in [1.165, 1.54) is 4.90 Å². The monoisotopic (exact) mass is 347 g/mol. The topological polar surface area (TPSA) is 72.9 Å². The maximum atomic E-state index is 12.1. The van der Waals surface area contributed by atoms with Gasteiger partial charge in [0.15, 0.2) is 0 Å². The van der Waals surface area contributed by atoms with E-state index in [1.807, 2.05) is 30.3 Å². The zero-order valence-corrected chi connectivity index (χ0v) is 13.7. The number of morpholine rings is 1. The van der Waals surface area contributed by atoms with Crippen LogP contribution >= 0.6 is 10.7 Å². The number of hydrogen-bond acceptors (Lipinski definition) is 5. The Labute approximate surface area is 134 Å². The van der Waals surface area contributed by atoms with E-state index < -0.39 is 21.2 Å². The molecule has 1 heterocycles. The van der Waals surface area contributed by atoms with Gasteiger partial charge in [-0.15, -0.1) is 0 Å². The molecular weight excluding hydrogens is 330 g/mol. The van der Waals surface area contributed by atoms with Gasteiger partial charge in [0.1, 0.15) is 6.61 Å². The minimum Gasteiger partial charge on any atom is -0.445 e. The largest absolute Gasteiger partial charge is 0.445 e. The van der Waals surface area contributed by atoms with E-state index in [9.17, 15) is 13.2 Å². The van der Waals surface area contributed by atoms with Crippen molar-refractivity contribution >= 4 is 25.8 Å². The minimum absolute atomic E-state index is 0.143. The molecule has 1 aromatic rings. The number of carbonyl (C=O) groups excluding carboxylic acids is 1. The molecule has 2 unspecified atom stereocenters. The summed E-state index contributed by atoms with van der Waals surface area (Å²) in [5, 5.41) is 0. The summed E-state index contributed by atoms with van der Waals surface area (Å²) in [6.07, 6.45) is -1.41. The number of ether oxygens (including phenoxy) is 2. The molecule has 1 fully saturated rings. The van der Waals surface area contributed by atoms with Crippen LogP contribution in [-0.4, -0.2) is 50.5 Å². The Morgan fingerprint density at radius 1 is 1.36 bits per heavy atom. The average molecular weight is 348 g/mol. The normalized spacial score (nSPS) is 22.4. The molecule has 0 bridgehead atoms. The summed E-state index contributed by atoms with van der Waals surface area (Å²) in [5.41, 5.74) is 0.886. The molecule has 2 atom stereocenters. The minimum atomic E-state index is -3.68. The Hall–Kier alpha value is -1.31.